The first kappa shape index (κ1) is 15.2. The van der Waals surface area contributed by atoms with Crippen LogP contribution < -0.4 is 10.4 Å². The van der Waals surface area contributed by atoms with Gasteiger partial charge in [0.1, 0.15) is 0 Å². The number of aryl methyl sites for hydroxylation is 1. The molecule has 116 valence electrons. The molecule has 3 aromatic carbocycles. The molecule has 1 N–H and O–H groups in total. The summed E-state index contributed by atoms with van der Waals surface area (Å²) in [5.74, 6) is 0. The maximum absolute atomic E-state index is 3.58. The zero-order chi connectivity index (χ0) is 16.2. The van der Waals surface area contributed by atoms with Gasteiger partial charge in [0.05, 0.1) is 17.1 Å². The Bertz CT molecular complexity index is 740. The SMILES string of the molecule is Cc1ccc(NN(c2ccccc2)c2ccccc2)c(C)c1C. The predicted octanol–water partition coefficient (Wildman–Crippen LogP) is 5.78. The lowest BCUT2D eigenvalue weighted by molar-refractivity contribution is 1.14. The molecule has 0 spiro atoms. The first-order chi connectivity index (χ1) is 11.2. The molecule has 2 heteroatoms. The summed E-state index contributed by atoms with van der Waals surface area (Å²) >= 11 is 0. The van der Waals surface area contributed by atoms with E-state index < -0.39 is 0 Å². The van der Waals surface area contributed by atoms with Crippen molar-refractivity contribution in [2.45, 2.75) is 20.8 Å². The lowest BCUT2D eigenvalue weighted by Crippen LogP contribution is -2.25. The first-order valence-corrected chi connectivity index (χ1v) is 7.90. The van der Waals surface area contributed by atoms with Gasteiger partial charge in [-0.15, -0.1) is 0 Å². The molecule has 0 radical (unpaired) electrons. The molecule has 0 saturated carbocycles. The van der Waals surface area contributed by atoms with Gasteiger partial charge in [-0.2, -0.15) is 0 Å². The van der Waals surface area contributed by atoms with E-state index in [-0.39, 0.29) is 0 Å². The van der Waals surface area contributed by atoms with Gasteiger partial charge in [-0.3, -0.25) is 10.4 Å². The van der Waals surface area contributed by atoms with Crippen LogP contribution in [-0.2, 0) is 0 Å². The van der Waals surface area contributed by atoms with E-state index in [0.29, 0.717) is 0 Å². The summed E-state index contributed by atoms with van der Waals surface area (Å²) in [5, 5.41) is 2.12. The molecular formula is C21H22N2. The third-order valence-corrected chi connectivity index (χ3v) is 4.32. The third kappa shape index (κ3) is 3.21. The standard InChI is InChI=1S/C21H22N2/c1-16-14-15-21(18(3)17(16)2)22-23(19-10-6-4-7-11-19)20-12-8-5-9-13-20/h4-15,22H,1-3H3. The van der Waals surface area contributed by atoms with Crippen molar-refractivity contribution in [3.05, 3.63) is 89.5 Å². The van der Waals surface area contributed by atoms with Gasteiger partial charge in [0.15, 0.2) is 0 Å². The molecule has 2 nitrogen and oxygen atoms in total. The summed E-state index contributed by atoms with van der Waals surface area (Å²) in [6.45, 7) is 6.49. The molecule has 3 rings (SSSR count). The van der Waals surface area contributed by atoms with Crippen LogP contribution in [0.5, 0.6) is 0 Å². The molecule has 0 atom stereocenters. The highest BCUT2D eigenvalue weighted by atomic mass is 15.5. The van der Waals surface area contributed by atoms with E-state index in [1.807, 2.05) is 12.1 Å². The number of para-hydroxylation sites is 2. The van der Waals surface area contributed by atoms with E-state index in [1.54, 1.807) is 0 Å². The second kappa shape index (κ2) is 6.57. The minimum absolute atomic E-state index is 1.11. The van der Waals surface area contributed by atoms with Crippen molar-refractivity contribution in [2.75, 3.05) is 10.4 Å². The number of hydrazine groups is 1. The summed E-state index contributed by atoms with van der Waals surface area (Å²) in [7, 11) is 0. The lowest BCUT2D eigenvalue weighted by atomic mass is 10.0. The molecule has 0 fully saturated rings. The zero-order valence-electron chi connectivity index (χ0n) is 13.9. The predicted molar refractivity (Wildman–Crippen MR) is 99.3 cm³/mol. The van der Waals surface area contributed by atoms with Crippen LogP contribution in [0.3, 0.4) is 0 Å². The van der Waals surface area contributed by atoms with E-state index in [9.17, 15) is 0 Å². The minimum atomic E-state index is 1.11. The van der Waals surface area contributed by atoms with Crippen molar-refractivity contribution in [3.8, 4) is 0 Å². The number of hydrogen-bond acceptors (Lipinski definition) is 2. The molecule has 0 aliphatic rings. The van der Waals surface area contributed by atoms with Crippen molar-refractivity contribution in [1.29, 1.82) is 0 Å². The highest BCUT2D eigenvalue weighted by Gasteiger charge is 2.11. The molecule has 3 aromatic rings. The number of anilines is 3. The van der Waals surface area contributed by atoms with Gasteiger partial charge in [-0.25, -0.2) is 0 Å². The molecule has 0 bridgehead atoms. The average Bonchev–Trinajstić information content (AvgIpc) is 2.61. The van der Waals surface area contributed by atoms with Crippen LogP contribution in [0.15, 0.2) is 72.8 Å². The fourth-order valence-corrected chi connectivity index (χ4v) is 2.63. The summed E-state index contributed by atoms with van der Waals surface area (Å²) < 4.78 is 0. The molecule has 0 aliphatic carbocycles. The van der Waals surface area contributed by atoms with Gasteiger partial charge < -0.3 is 0 Å². The van der Waals surface area contributed by atoms with E-state index >= 15 is 0 Å². The Morgan fingerprint density at radius 2 is 1.13 bits per heavy atom. The molecule has 0 aliphatic heterocycles. The first-order valence-electron chi connectivity index (χ1n) is 7.90. The van der Waals surface area contributed by atoms with E-state index in [4.69, 9.17) is 0 Å². The van der Waals surface area contributed by atoms with Crippen LogP contribution >= 0.6 is 0 Å². The van der Waals surface area contributed by atoms with Crippen LogP contribution in [-0.4, -0.2) is 0 Å². The summed E-state index contributed by atoms with van der Waals surface area (Å²) in [5.41, 5.74) is 10.9. The maximum atomic E-state index is 3.58. The van der Waals surface area contributed by atoms with Crippen LogP contribution in [0.1, 0.15) is 16.7 Å². The quantitative estimate of drug-likeness (QED) is 0.615. The molecule has 0 aromatic heterocycles. The Hall–Kier alpha value is -2.74. The monoisotopic (exact) mass is 302 g/mol. The fourth-order valence-electron chi connectivity index (χ4n) is 2.63. The Morgan fingerprint density at radius 1 is 0.609 bits per heavy atom. The Balaban J connectivity index is 2.02. The number of hydrogen-bond donors (Lipinski definition) is 1. The van der Waals surface area contributed by atoms with Gasteiger partial charge in [-0.05, 0) is 67.8 Å². The number of benzene rings is 3. The van der Waals surface area contributed by atoms with E-state index in [0.717, 1.165) is 17.1 Å². The van der Waals surface area contributed by atoms with Crippen molar-refractivity contribution < 1.29 is 0 Å². The Morgan fingerprint density at radius 3 is 1.65 bits per heavy atom. The second-order valence-corrected chi connectivity index (χ2v) is 5.80. The smallest absolute Gasteiger partial charge is 0.0630 e. The maximum Gasteiger partial charge on any atom is 0.0630 e. The highest BCUT2D eigenvalue weighted by Crippen LogP contribution is 2.28. The van der Waals surface area contributed by atoms with Crippen molar-refractivity contribution >= 4 is 17.1 Å². The average molecular weight is 302 g/mol. The van der Waals surface area contributed by atoms with Crippen molar-refractivity contribution in [2.24, 2.45) is 0 Å². The van der Waals surface area contributed by atoms with Crippen molar-refractivity contribution in [1.82, 2.24) is 0 Å². The number of nitrogens with zero attached hydrogens (tertiary/aromatic N) is 1. The van der Waals surface area contributed by atoms with Gasteiger partial charge in [0, 0.05) is 0 Å². The molecule has 0 unspecified atom stereocenters. The van der Waals surface area contributed by atoms with Gasteiger partial charge in [-0.1, -0.05) is 42.5 Å². The molecular weight excluding hydrogens is 280 g/mol. The normalized spacial score (nSPS) is 10.4. The fraction of sp³-hybridized carbons (Fsp3) is 0.143. The Kier molecular flexibility index (Phi) is 4.33. The number of nitrogens with one attached hydrogen (secondary N) is 1. The van der Waals surface area contributed by atoms with Gasteiger partial charge >= 0.3 is 0 Å². The topological polar surface area (TPSA) is 15.3 Å². The molecule has 0 amide bonds. The zero-order valence-corrected chi connectivity index (χ0v) is 13.9. The van der Waals surface area contributed by atoms with Crippen LogP contribution in [0.4, 0.5) is 17.1 Å². The summed E-state index contributed by atoms with van der Waals surface area (Å²) in [6.07, 6.45) is 0. The minimum Gasteiger partial charge on any atom is -0.294 e. The number of rotatable bonds is 4. The van der Waals surface area contributed by atoms with E-state index in [2.05, 4.69) is 91.9 Å². The largest absolute Gasteiger partial charge is 0.294 e. The van der Waals surface area contributed by atoms with Crippen LogP contribution in [0.25, 0.3) is 0 Å². The summed E-state index contributed by atoms with van der Waals surface area (Å²) in [4.78, 5) is 0. The lowest BCUT2D eigenvalue weighted by Gasteiger charge is -2.28. The van der Waals surface area contributed by atoms with Gasteiger partial charge in [0.2, 0.25) is 0 Å². The second-order valence-electron chi connectivity index (χ2n) is 5.80. The van der Waals surface area contributed by atoms with E-state index in [1.165, 1.54) is 16.7 Å². The van der Waals surface area contributed by atoms with Crippen molar-refractivity contribution in [3.63, 3.8) is 0 Å². The summed E-state index contributed by atoms with van der Waals surface area (Å²) in [6, 6.07) is 25.0. The molecule has 23 heavy (non-hydrogen) atoms. The van der Waals surface area contributed by atoms with Crippen LogP contribution in [0.2, 0.25) is 0 Å². The van der Waals surface area contributed by atoms with Gasteiger partial charge in [0.25, 0.3) is 0 Å². The Labute approximate surface area is 138 Å². The molecule has 0 heterocycles. The molecule has 0 saturated heterocycles. The van der Waals surface area contributed by atoms with Crippen LogP contribution in [0, 0.1) is 20.8 Å². The third-order valence-electron chi connectivity index (χ3n) is 4.32. The highest BCUT2D eigenvalue weighted by molar-refractivity contribution is 5.70.